The Kier molecular flexibility index (Phi) is 6.40. The lowest BCUT2D eigenvalue weighted by Gasteiger charge is -2.18. The Bertz CT molecular complexity index is 778. The molecule has 1 atom stereocenters. The van der Waals surface area contributed by atoms with Gasteiger partial charge in [0.1, 0.15) is 6.61 Å². The van der Waals surface area contributed by atoms with Crippen LogP contribution in [0.3, 0.4) is 0 Å². The number of rotatable bonds is 8. The highest BCUT2D eigenvalue weighted by atomic mass is 32.2. The number of carbonyl (C=O) groups excluding carboxylic acids is 1. The molecule has 2 aromatic carbocycles. The number of amides is 1. The lowest BCUT2D eigenvalue weighted by Crippen LogP contribution is -2.37. The summed E-state index contributed by atoms with van der Waals surface area (Å²) in [6.07, 6.45) is 1.87. The van der Waals surface area contributed by atoms with E-state index in [-0.39, 0.29) is 18.9 Å². The number of carboxylic acid groups (broad SMARTS) is 1. The van der Waals surface area contributed by atoms with E-state index in [1.807, 2.05) is 30.5 Å². The van der Waals surface area contributed by atoms with Crippen LogP contribution >= 0.6 is 11.8 Å². The number of hydrogen-bond donors (Lipinski definition) is 2. The second kappa shape index (κ2) is 8.95. The summed E-state index contributed by atoms with van der Waals surface area (Å²) in [4.78, 5) is 23.2. The van der Waals surface area contributed by atoms with Crippen molar-refractivity contribution in [3.8, 4) is 11.1 Å². The number of aliphatic carboxylic acids is 1. The van der Waals surface area contributed by atoms with Crippen LogP contribution < -0.4 is 5.32 Å². The van der Waals surface area contributed by atoms with E-state index in [2.05, 4.69) is 29.6 Å². The minimum absolute atomic E-state index is 0.00716. The average Bonchev–Trinajstić information content (AvgIpc) is 2.98. The number of carboxylic acids is 1. The molecule has 2 aromatic rings. The highest BCUT2D eigenvalue weighted by molar-refractivity contribution is 7.98. The highest BCUT2D eigenvalue weighted by Gasteiger charge is 2.29. The molecule has 1 amide bonds. The fourth-order valence-corrected chi connectivity index (χ4v) is 4.02. The lowest BCUT2D eigenvalue weighted by molar-refractivity contribution is -0.137. The first kappa shape index (κ1) is 19.3. The standard InChI is InChI=1S/C21H23NO4S/c1-27-11-10-14(12-20(23)24)22-21(25)26-13-19-17-8-4-2-6-15(17)16-7-3-5-9-18(16)19/h2-9,14,19H,10-13H2,1H3,(H,22,25)(H,23,24)/t14-/m0/s1. The first-order chi connectivity index (χ1) is 13.1. The van der Waals surface area contributed by atoms with Crippen molar-refractivity contribution in [3.05, 3.63) is 59.7 Å². The maximum absolute atomic E-state index is 12.2. The zero-order valence-electron chi connectivity index (χ0n) is 15.2. The van der Waals surface area contributed by atoms with E-state index in [0.29, 0.717) is 6.42 Å². The average molecular weight is 385 g/mol. The van der Waals surface area contributed by atoms with Gasteiger partial charge in [-0.3, -0.25) is 4.79 Å². The van der Waals surface area contributed by atoms with E-state index in [9.17, 15) is 9.59 Å². The van der Waals surface area contributed by atoms with Gasteiger partial charge in [0.2, 0.25) is 0 Å². The Balaban J connectivity index is 1.65. The van der Waals surface area contributed by atoms with E-state index in [1.165, 1.54) is 11.1 Å². The first-order valence-corrected chi connectivity index (χ1v) is 10.3. The Morgan fingerprint density at radius 3 is 2.26 bits per heavy atom. The summed E-state index contributed by atoms with van der Waals surface area (Å²) in [6.45, 7) is 0.224. The Hall–Kier alpha value is -2.47. The molecule has 3 rings (SSSR count). The molecule has 27 heavy (non-hydrogen) atoms. The van der Waals surface area contributed by atoms with Gasteiger partial charge in [-0.25, -0.2) is 4.79 Å². The molecule has 0 saturated carbocycles. The second-order valence-electron chi connectivity index (χ2n) is 6.55. The van der Waals surface area contributed by atoms with Crippen molar-refractivity contribution in [1.29, 1.82) is 0 Å². The fourth-order valence-electron chi connectivity index (χ4n) is 3.50. The number of fused-ring (bicyclic) bond motifs is 3. The van der Waals surface area contributed by atoms with Gasteiger partial charge in [-0.15, -0.1) is 0 Å². The molecule has 6 heteroatoms. The Labute approximate surface area is 163 Å². The van der Waals surface area contributed by atoms with E-state index in [1.54, 1.807) is 11.8 Å². The summed E-state index contributed by atoms with van der Waals surface area (Å²) in [5.74, 6) is -0.158. The Morgan fingerprint density at radius 2 is 1.70 bits per heavy atom. The van der Waals surface area contributed by atoms with E-state index in [4.69, 9.17) is 9.84 Å². The minimum Gasteiger partial charge on any atom is -0.481 e. The molecule has 0 fully saturated rings. The molecule has 0 spiro atoms. The molecule has 142 valence electrons. The molecule has 0 heterocycles. The minimum atomic E-state index is -0.931. The number of nitrogens with one attached hydrogen (secondary N) is 1. The predicted octanol–water partition coefficient (Wildman–Crippen LogP) is 4.12. The number of alkyl carbamates (subject to hydrolysis) is 1. The summed E-state index contributed by atoms with van der Waals surface area (Å²) in [5.41, 5.74) is 4.64. The van der Waals surface area contributed by atoms with Gasteiger partial charge < -0.3 is 15.2 Å². The predicted molar refractivity (Wildman–Crippen MR) is 107 cm³/mol. The molecule has 2 N–H and O–H groups in total. The third kappa shape index (κ3) is 4.63. The molecule has 0 aliphatic heterocycles. The number of hydrogen-bond acceptors (Lipinski definition) is 4. The first-order valence-electron chi connectivity index (χ1n) is 8.92. The van der Waals surface area contributed by atoms with Crippen LogP contribution in [0.15, 0.2) is 48.5 Å². The molecule has 0 saturated heterocycles. The van der Waals surface area contributed by atoms with Gasteiger partial charge in [-0.05, 0) is 40.7 Å². The third-order valence-corrected chi connectivity index (χ3v) is 5.40. The number of ether oxygens (including phenoxy) is 1. The summed E-state index contributed by atoms with van der Waals surface area (Å²) in [6, 6.07) is 15.9. The van der Waals surface area contributed by atoms with Gasteiger partial charge in [0.15, 0.2) is 0 Å². The van der Waals surface area contributed by atoms with Crippen LogP contribution in [-0.2, 0) is 9.53 Å². The smallest absolute Gasteiger partial charge is 0.407 e. The van der Waals surface area contributed by atoms with Gasteiger partial charge in [-0.2, -0.15) is 11.8 Å². The van der Waals surface area contributed by atoms with Crippen LogP contribution in [0.4, 0.5) is 4.79 Å². The zero-order valence-corrected chi connectivity index (χ0v) is 16.0. The monoisotopic (exact) mass is 385 g/mol. The van der Waals surface area contributed by atoms with Gasteiger partial charge in [0, 0.05) is 12.0 Å². The lowest BCUT2D eigenvalue weighted by atomic mass is 9.98. The van der Waals surface area contributed by atoms with Crippen LogP contribution in [-0.4, -0.2) is 41.8 Å². The third-order valence-electron chi connectivity index (χ3n) is 4.76. The van der Waals surface area contributed by atoms with Crippen LogP contribution in [0.25, 0.3) is 11.1 Å². The molecule has 0 unspecified atom stereocenters. The molecule has 1 aliphatic rings. The van der Waals surface area contributed by atoms with Crippen LogP contribution in [0.1, 0.15) is 29.9 Å². The van der Waals surface area contributed by atoms with E-state index >= 15 is 0 Å². The van der Waals surface area contributed by atoms with Crippen molar-refractivity contribution in [2.24, 2.45) is 0 Å². The summed E-state index contributed by atoms with van der Waals surface area (Å²) in [7, 11) is 0. The number of carbonyl (C=O) groups is 2. The fraction of sp³-hybridized carbons (Fsp3) is 0.333. The molecular weight excluding hydrogens is 362 g/mol. The maximum Gasteiger partial charge on any atom is 0.407 e. The maximum atomic E-state index is 12.2. The van der Waals surface area contributed by atoms with E-state index in [0.717, 1.165) is 16.9 Å². The SMILES string of the molecule is CSCC[C@@H](CC(=O)O)NC(=O)OCC1c2ccccc2-c2ccccc21. The Morgan fingerprint density at radius 1 is 1.11 bits per heavy atom. The van der Waals surface area contributed by atoms with Gasteiger partial charge >= 0.3 is 12.1 Å². The largest absolute Gasteiger partial charge is 0.481 e. The van der Waals surface area contributed by atoms with Crippen LogP contribution in [0.2, 0.25) is 0 Å². The van der Waals surface area contributed by atoms with Crippen molar-refractivity contribution < 1.29 is 19.4 Å². The normalized spacial score (nSPS) is 13.5. The quantitative estimate of drug-likeness (QED) is 0.715. The molecule has 0 bridgehead atoms. The summed E-state index contributed by atoms with van der Waals surface area (Å²) in [5, 5.41) is 11.7. The molecule has 5 nitrogen and oxygen atoms in total. The molecular formula is C21H23NO4S. The summed E-state index contributed by atoms with van der Waals surface area (Å²) >= 11 is 1.62. The van der Waals surface area contributed by atoms with Crippen molar-refractivity contribution in [3.63, 3.8) is 0 Å². The van der Waals surface area contributed by atoms with Crippen molar-refractivity contribution >= 4 is 23.8 Å². The van der Waals surface area contributed by atoms with Crippen molar-refractivity contribution in [1.82, 2.24) is 5.32 Å². The second-order valence-corrected chi connectivity index (χ2v) is 7.53. The molecule has 1 aliphatic carbocycles. The van der Waals surface area contributed by atoms with Gasteiger partial charge in [0.25, 0.3) is 0 Å². The van der Waals surface area contributed by atoms with Gasteiger partial charge in [0.05, 0.1) is 6.42 Å². The number of benzene rings is 2. The van der Waals surface area contributed by atoms with Crippen molar-refractivity contribution in [2.45, 2.75) is 24.8 Å². The van der Waals surface area contributed by atoms with E-state index < -0.39 is 18.1 Å². The molecule has 0 radical (unpaired) electrons. The van der Waals surface area contributed by atoms with Crippen molar-refractivity contribution in [2.75, 3.05) is 18.6 Å². The van der Waals surface area contributed by atoms with Gasteiger partial charge in [-0.1, -0.05) is 48.5 Å². The molecule has 0 aromatic heterocycles. The van der Waals surface area contributed by atoms with Crippen LogP contribution in [0, 0.1) is 0 Å². The topological polar surface area (TPSA) is 75.6 Å². The summed E-state index contributed by atoms with van der Waals surface area (Å²) < 4.78 is 5.48. The number of thioether (sulfide) groups is 1. The van der Waals surface area contributed by atoms with Crippen LogP contribution in [0.5, 0.6) is 0 Å². The zero-order chi connectivity index (χ0) is 19.2. The highest BCUT2D eigenvalue weighted by Crippen LogP contribution is 2.44.